The lowest BCUT2D eigenvalue weighted by molar-refractivity contribution is -0.157. The van der Waals surface area contributed by atoms with E-state index in [0.29, 0.717) is 71.7 Å². The number of para-hydroxylation sites is 1. The molecule has 0 radical (unpaired) electrons. The number of anilines is 2. The molecular formula is C40H53ClF3N7O6. The Bertz CT molecular complexity index is 1790. The number of rotatable bonds is 9. The number of ether oxygens (including phenoxy) is 2. The van der Waals surface area contributed by atoms with Crippen molar-refractivity contribution in [2.45, 2.75) is 89.2 Å². The third-order valence-electron chi connectivity index (χ3n) is 11.9. The molecule has 3 saturated heterocycles. The highest BCUT2D eigenvalue weighted by molar-refractivity contribution is 6.33. The lowest BCUT2D eigenvalue weighted by Crippen LogP contribution is -2.59. The predicted molar refractivity (Wildman–Crippen MR) is 209 cm³/mol. The molecule has 13 nitrogen and oxygen atoms in total. The van der Waals surface area contributed by atoms with Gasteiger partial charge in [-0.3, -0.25) is 19.4 Å². The SMILES string of the molecule is CCOC(=O)C(C)(C)N1CCC(N2CCN(C(=O)C(Cc3cc(Cl)c(N)c(C(F)(F)F)c3)OC(=O)N3CCC(N4CCc5ccccc5NC4=O)CC3)CC2)CC1. The molecule has 0 saturated carbocycles. The molecule has 0 aliphatic carbocycles. The van der Waals surface area contributed by atoms with Crippen LogP contribution in [0.5, 0.6) is 0 Å². The van der Waals surface area contributed by atoms with Crippen LogP contribution in [-0.4, -0.2) is 138 Å². The van der Waals surface area contributed by atoms with Crippen molar-refractivity contribution in [1.29, 1.82) is 0 Å². The van der Waals surface area contributed by atoms with Crippen LogP contribution in [0.3, 0.4) is 0 Å². The maximum absolute atomic E-state index is 14.2. The number of amides is 4. The van der Waals surface area contributed by atoms with Gasteiger partial charge in [-0.05, 0) is 82.2 Å². The highest BCUT2D eigenvalue weighted by Gasteiger charge is 2.41. The molecule has 0 bridgehead atoms. The second-order valence-electron chi connectivity index (χ2n) is 15.7. The summed E-state index contributed by atoms with van der Waals surface area (Å²) in [5, 5.41) is 2.67. The molecule has 4 heterocycles. The number of urea groups is 1. The Morgan fingerprint density at radius 1 is 0.912 bits per heavy atom. The third kappa shape index (κ3) is 9.71. The van der Waals surface area contributed by atoms with E-state index < -0.39 is 41.1 Å². The van der Waals surface area contributed by atoms with E-state index in [-0.39, 0.29) is 54.2 Å². The zero-order chi connectivity index (χ0) is 41.1. The molecule has 312 valence electrons. The summed E-state index contributed by atoms with van der Waals surface area (Å²) >= 11 is 6.14. The van der Waals surface area contributed by atoms with Gasteiger partial charge in [-0.15, -0.1) is 0 Å². The van der Waals surface area contributed by atoms with Gasteiger partial charge >= 0.3 is 24.3 Å². The first kappa shape index (κ1) is 42.3. The molecule has 2 aromatic carbocycles. The van der Waals surface area contributed by atoms with E-state index in [1.807, 2.05) is 38.1 Å². The van der Waals surface area contributed by atoms with Crippen molar-refractivity contribution >= 4 is 47.0 Å². The minimum atomic E-state index is -4.79. The van der Waals surface area contributed by atoms with Gasteiger partial charge in [0.05, 0.1) is 22.9 Å². The van der Waals surface area contributed by atoms with Crippen LogP contribution in [0.4, 0.5) is 34.1 Å². The molecule has 2 aromatic rings. The molecule has 6 rings (SSSR count). The van der Waals surface area contributed by atoms with E-state index in [4.69, 9.17) is 26.8 Å². The Balaban J connectivity index is 1.09. The maximum atomic E-state index is 14.2. The highest BCUT2D eigenvalue weighted by atomic mass is 35.5. The standard InChI is InChI=1S/C40H53ClF3N7O6/c1-4-56-36(53)39(2,3)50-16-12-28(13-17-50)47-19-21-48(22-20-47)35(52)33(25-26-23-30(40(42,43)44)34(45)31(41)24-26)57-38(55)49-14-10-29(11-15-49)51-18-9-27-7-5-6-8-32(27)46-37(51)54/h5-8,23-24,28-29,33H,4,9-22,25,45H2,1-3H3,(H,46,54). The number of carbonyl (C=O) groups is 4. The first-order chi connectivity index (χ1) is 27.1. The summed E-state index contributed by atoms with van der Waals surface area (Å²) < 4.78 is 52.9. The first-order valence-corrected chi connectivity index (χ1v) is 20.2. The molecule has 0 aromatic heterocycles. The van der Waals surface area contributed by atoms with Crippen molar-refractivity contribution in [3.8, 4) is 0 Å². The number of halogens is 4. The zero-order valence-electron chi connectivity index (χ0n) is 32.8. The molecule has 1 atom stereocenters. The summed E-state index contributed by atoms with van der Waals surface area (Å²) in [6, 6.07) is 9.71. The van der Waals surface area contributed by atoms with Crippen molar-refractivity contribution in [3.05, 3.63) is 58.1 Å². The monoisotopic (exact) mass is 819 g/mol. The largest absolute Gasteiger partial charge is 0.465 e. The zero-order valence-corrected chi connectivity index (χ0v) is 33.5. The molecule has 4 aliphatic heterocycles. The van der Waals surface area contributed by atoms with Gasteiger partial charge in [0.15, 0.2) is 6.10 Å². The second kappa shape index (κ2) is 17.7. The Kier molecular flexibility index (Phi) is 13.1. The van der Waals surface area contributed by atoms with Crippen molar-refractivity contribution in [2.24, 2.45) is 0 Å². The number of nitrogens with zero attached hydrogens (tertiary/aromatic N) is 5. The minimum absolute atomic E-state index is 0.0516. The number of nitrogens with one attached hydrogen (secondary N) is 1. The summed E-state index contributed by atoms with van der Waals surface area (Å²) in [5.74, 6) is -0.758. The number of carbonyl (C=O) groups excluding carboxylic acids is 4. The number of piperazine rings is 1. The number of nitrogen functional groups attached to an aromatic ring is 1. The lowest BCUT2D eigenvalue weighted by atomic mass is 9.95. The predicted octanol–water partition coefficient (Wildman–Crippen LogP) is 5.49. The molecule has 4 amide bonds. The number of nitrogens with two attached hydrogens (primary N) is 1. The first-order valence-electron chi connectivity index (χ1n) is 19.8. The van der Waals surface area contributed by atoms with Crippen molar-refractivity contribution in [3.63, 3.8) is 0 Å². The number of likely N-dealkylation sites (tertiary alicyclic amines) is 2. The molecule has 3 N–H and O–H groups in total. The second-order valence-corrected chi connectivity index (χ2v) is 16.1. The Labute approximate surface area is 336 Å². The van der Waals surface area contributed by atoms with Crippen LogP contribution in [-0.2, 0) is 38.1 Å². The Morgan fingerprint density at radius 2 is 1.56 bits per heavy atom. The van der Waals surface area contributed by atoms with Crippen LogP contribution in [0.25, 0.3) is 0 Å². The summed E-state index contributed by atoms with van der Waals surface area (Å²) in [5.41, 5.74) is 5.08. The van der Waals surface area contributed by atoms with Gasteiger partial charge in [-0.2, -0.15) is 13.2 Å². The molecule has 4 aliphatic rings. The maximum Gasteiger partial charge on any atom is 0.418 e. The molecule has 1 unspecified atom stereocenters. The average Bonchev–Trinajstić information content (AvgIpc) is 3.36. The number of fused-ring (bicyclic) bond motifs is 1. The van der Waals surface area contributed by atoms with Gasteiger partial charge in [-0.1, -0.05) is 29.8 Å². The topological polar surface area (TPSA) is 141 Å². The normalized spacial score (nSPS) is 20.1. The van der Waals surface area contributed by atoms with Crippen LogP contribution >= 0.6 is 11.6 Å². The minimum Gasteiger partial charge on any atom is -0.465 e. The van der Waals surface area contributed by atoms with Gasteiger partial charge in [0.25, 0.3) is 5.91 Å². The summed E-state index contributed by atoms with van der Waals surface area (Å²) in [7, 11) is 0. The fourth-order valence-electron chi connectivity index (χ4n) is 8.45. The van der Waals surface area contributed by atoms with Gasteiger partial charge in [0.1, 0.15) is 5.54 Å². The van der Waals surface area contributed by atoms with Crippen LogP contribution in [0.2, 0.25) is 5.02 Å². The molecule has 3 fully saturated rings. The molecule has 17 heteroatoms. The van der Waals surface area contributed by atoms with E-state index in [2.05, 4.69) is 15.1 Å². The van der Waals surface area contributed by atoms with E-state index in [9.17, 15) is 32.3 Å². The van der Waals surface area contributed by atoms with E-state index in [0.717, 1.165) is 30.2 Å². The van der Waals surface area contributed by atoms with Crippen molar-refractivity contribution in [1.82, 2.24) is 24.5 Å². The highest BCUT2D eigenvalue weighted by Crippen LogP contribution is 2.38. The number of alkyl halides is 3. The van der Waals surface area contributed by atoms with Gasteiger partial charge in [-0.25, -0.2) is 9.59 Å². The van der Waals surface area contributed by atoms with Crippen molar-refractivity contribution in [2.75, 3.05) is 76.6 Å². The summed E-state index contributed by atoms with van der Waals surface area (Å²) in [4.78, 5) is 62.9. The number of hydrogen-bond acceptors (Lipinski definition) is 9. The number of hydrogen-bond donors (Lipinski definition) is 2. The van der Waals surface area contributed by atoms with E-state index in [1.54, 1.807) is 16.7 Å². The number of esters is 1. The van der Waals surface area contributed by atoms with Gasteiger partial charge < -0.3 is 35.2 Å². The smallest absolute Gasteiger partial charge is 0.418 e. The van der Waals surface area contributed by atoms with Crippen LogP contribution in [0.1, 0.15) is 63.1 Å². The molecular weight excluding hydrogens is 767 g/mol. The molecule has 57 heavy (non-hydrogen) atoms. The summed E-state index contributed by atoms with van der Waals surface area (Å²) in [6.07, 6.45) is -3.98. The number of piperidine rings is 2. The fraction of sp³-hybridized carbons (Fsp3) is 0.600. The van der Waals surface area contributed by atoms with Gasteiger partial charge in [0.2, 0.25) is 0 Å². The lowest BCUT2D eigenvalue weighted by Gasteiger charge is -2.46. The van der Waals surface area contributed by atoms with Gasteiger partial charge in [0, 0.05) is 83.1 Å². The van der Waals surface area contributed by atoms with Crippen molar-refractivity contribution < 1.29 is 41.8 Å². The summed E-state index contributed by atoms with van der Waals surface area (Å²) in [6.45, 7) is 10.1. The Morgan fingerprint density at radius 3 is 2.21 bits per heavy atom. The third-order valence-corrected chi connectivity index (χ3v) is 12.2. The van der Waals surface area contributed by atoms with Crippen LogP contribution in [0, 0.1) is 0 Å². The van der Waals surface area contributed by atoms with E-state index >= 15 is 0 Å². The average molecular weight is 820 g/mol. The van der Waals surface area contributed by atoms with Crippen LogP contribution < -0.4 is 11.1 Å². The van der Waals surface area contributed by atoms with Crippen LogP contribution in [0.15, 0.2) is 36.4 Å². The quantitative estimate of drug-likeness (QED) is 0.248. The Hall–Kier alpha value is -4.28. The number of benzene rings is 2. The molecule has 0 spiro atoms. The van der Waals surface area contributed by atoms with E-state index in [1.165, 1.54) is 11.0 Å². The fourth-order valence-corrected chi connectivity index (χ4v) is 8.69.